The summed E-state index contributed by atoms with van der Waals surface area (Å²) in [6.45, 7) is 0.776. The van der Waals surface area contributed by atoms with Crippen molar-refractivity contribution in [2.45, 2.75) is 50.0 Å². The van der Waals surface area contributed by atoms with Gasteiger partial charge >= 0.3 is 0 Å². The average molecular weight is 287 g/mol. The van der Waals surface area contributed by atoms with E-state index in [-0.39, 0.29) is 16.1 Å². The molecule has 2 bridgehead atoms. The molecule has 0 N–H and O–H groups in total. The largest absolute Gasteiger partial charge is 0.633 e. The van der Waals surface area contributed by atoms with Gasteiger partial charge in [-0.3, -0.25) is 0 Å². The fraction of sp³-hybridized carbons (Fsp3) is 0.667. The Morgan fingerprint density at radius 3 is 2.95 bits per heavy atom. The molecule has 1 saturated heterocycles. The summed E-state index contributed by atoms with van der Waals surface area (Å²) in [4.78, 5) is 0. The third kappa shape index (κ3) is 1.80. The molecule has 1 saturated carbocycles. The molecule has 4 rings (SSSR count). The first-order valence-corrected chi connectivity index (χ1v) is 8.30. The van der Waals surface area contributed by atoms with Crippen molar-refractivity contribution < 1.29 is 9.38 Å². The van der Waals surface area contributed by atoms with Gasteiger partial charge in [0.15, 0.2) is 0 Å². The third-order valence-corrected chi connectivity index (χ3v) is 6.55. The number of hydroxylamine groups is 3. The molecule has 0 amide bonds. The quantitative estimate of drug-likeness (QED) is 0.586. The molecule has 1 aliphatic heterocycles. The molecule has 114 valence electrons. The molecule has 4 atom stereocenters. The van der Waals surface area contributed by atoms with Gasteiger partial charge in [-0.15, -0.1) is 0 Å². The zero-order valence-corrected chi connectivity index (χ0v) is 13.1. The molecule has 3 heteroatoms. The van der Waals surface area contributed by atoms with Crippen LogP contribution in [0.1, 0.15) is 43.2 Å². The molecular weight excluding hydrogens is 262 g/mol. The Labute approximate surface area is 127 Å². The number of ether oxygens (including phenoxy) is 1. The van der Waals surface area contributed by atoms with Crippen LogP contribution in [0.15, 0.2) is 18.2 Å². The van der Waals surface area contributed by atoms with Gasteiger partial charge in [-0.1, -0.05) is 18.9 Å². The summed E-state index contributed by atoms with van der Waals surface area (Å²) in [5.41, 5.74) is 3.16. The SMILES string of the molecule is COc1ccc2c(c1)[C@]13CCCC[C@H]1[C@H](C2)[N+](C)([O-])CC3. The van der Waals surface area contributed by atoms with E-state index in [4.69, 9.17) is 4.74 Å². The summed E-state index contributed by atoms with van der Waals surface area (Å²) in [5, 5.41) is 13.0. The van der Waals surface area contributed by atoms with E-state index in [1.165, 1.54) is 36.8 Å². The van der Waals surface area contributed by atoms with Crippen molar-refractivity contribution in [2.75, 3.05) is 20.7 Å². The Bertz CT molecular complexity index is 568. The van der Waals surface area contributed by atoms with Gasteiger partial charge in [0.05, 0.1) is 26.7 Å². The van der Waals surface area contributed by atoms with E-state index >= 15 is 0 Å². The van der Waals surface area contributed by atoms with Crippen molar-refractivity contribution in [1.29, 1.82) is 0 Å². The summed E-state index contributed by atoms with van der Waals surface area (Å²) in [6.07, 6.45) is 7.09. The summed E-state index contributed by atoms with van der Waals surface area (Å²) in [6, 6.07) is 6.80. The first-order valence-electron chi connectivity index (χ1n) is 8.30. The second kappa shape index (κ2) is 4.47. The third-order valence-electron chi connectivity index (χ3n) is 6.55. The Morgan fingerprint density at radius 1 is 1.29 bits per heavy atom. The van der Waals surface area contributed by atoms with Gasteiger partial charge in [0.1, 0.15) is 5.75 Å². The molecule has 0 radical (unpaired) electrons. The maximum atomic E-state index is 13.0. The number of hydrogen-bond acceptors (Lipinski definition) is 2. The van der Waals surface area contributed by atoms with Gasteiger partial charge < -0.3 is 14.6 Å². The van der Waals surface area contributed by atoms with Crippen LogP contribution in [-0.4, -0.2) is 31.4 Å². The van der Waals surface area contributed by atoms with E-state index in [1.807, 2.05) is 7.05 Å². The Hall–Kier alpha value is -1.06. The number of piperidine rings is 1. The van der Waals surface area contributed by atoms with Crippen molar-refractivity contribution in [3.05, 3.63) is 34.5 Å². The fourth-order valence-electron chi connectivity index (χ4n) is 5.46. The van der Waals surface area contributed by atoms with Crippen molar-refractivity contribution in [3.8, 4) is 5.75 Å². The number of hydrogen-bond donors (Lipinski definition) is 0. The number of fused-ring (bicyclic) bond motifs is 1. The minimum atomic E-state index is -0.0299. The summed E-state index contributed by atoms with van der Waals surface area (Å²) in [5.74, 6) is 1.54. The van der Waals surface area contributed by atoms with Crippen LogP contribution in [-0.2, 0) is 11.8 Å². The normalized spacial score (nSPS) is 41.1. The second-order valence-electron chi connectivity index (χ2n) is 7.45. The van der Waals surface area contributed by atoms with Crippen molar-refractivity contribution in [3.63, 3.8) is 0 Å². The molecule has 0 spiro atoms. The van der Waals surface area contributed by atoms with Gasteiger partial charge in [-0.25, -0.2) is 0 Å². The molecule has 3 nitrogen and oxygen atoms in total. The van der Waals surface area contributed by atoms with Crippen molar-refractivity contribution in [2.24, 2.45) is 5.92 Å². The molecule has 0 aromatic heterocycles. The summed E-state index contributed by atoms with van der Waals surface area (Å²) in [7, 11) is 3.65. The standard InChI is InChI=1S/C18H25NO2/c1-19(20)10-9-18-8-4-3-5-15(18)17(19)11-13-6-7-14(21-2)12-16(13)18/h6-7,12,15,17H,3-5,8-11H2,1-2H3/t15-,17-,18-,19?/m0/s1. The van der Waals surface area contributed by atoms with Crippen LogP contribution in [0.2, 0.25) is 0 Å². The highest BCUT2D eigenvalue weighted by Gasteiger charge is 2.57. The smallest absolute Gasteiger partial charge is 0.119 e. The van der Waals surface area contributed by atoms with Crippen LogP contribution in [0.25, 0.3) is 0 Å². The number of rotatable bonds is 1. The lowest BCUT2D eigenvalue weighted by Gasteiger charge is -2.63. The van der Waals surface area contributed by atoms with Crippen LogP contribution in [0, 0.1) is 11.1 Å². The van der Waals surface area contributed by atoms with Gasteiger partial charge in [0.25, 0.3) is 0 Å². The molecule has 21 heavy (non-hydrogen) atoms. The van der Waals surface area contributed by atoms with E-state index < -0.39 is 0 Å². The lowest BCUT2D eigenvalue weighted by molar-refractivity contribution is -0.899. The van der Waals surface area contributed by atoms with Gasteiger partial charge in [-0.05, 0) is 36.1 Å². The first-order chi connectivity index (χ1) is 10.1. The van der Waals surface area contributed by atoms with Gasteiger partial charge in [0, 0.05) is 24.2 Å². The van der Waals surface area contributed by atoms with Crippen molar-refractivity contribution in [1.82, 2.24) is 0 Å². The number of nitrogens with zero attached hydrogens (tertiary/aromatic N) is 1. The Morgan fingerprint density at radius 2 is 2.14 bits per heavy atom. The van der Waals surface area contributed by atoms with E-state index in [2.05, 4.69) is 18.2 Å². The molecular formula is C18H25NO2. The van der Waals surface area contributed by atoms with Crippen LogP contribution >= 0.6 is 0 Å². The van der Waals surface area contributed by atoms with Crippen LogP contribution in [0.4, 0.5) is 0 Å². The maximum absolute atomic E-state index is 13.0. The molecule has 1 aromatic rings. The van der Waals surface area contributed by atoms with Gasteiger partial charge in [-0.2, -0.15) is 0 Å². The fourth-order valence-corrected chi connectivity index (χ4v) is 5.46. The zero-order chi connectivity index (χ0) is 14.7. The highest BCUT2D eigenvalue weighted by molar-refractivity contribution is 5.45. The second-order valence-corrected chi connectivity index (χ2v) is 7.45. The van der Waals surface area contributed by atoms with E-state index in [1.54, 1.807) is 7.11 Å². The van der Waals surface area contributed by atoms with E-state index in [0.717, 1.165) is 25.1 Å². The number of likely N-dealkylation sites (N-methyl/N-ethyl adjacent to an activating group) is 1. The van der Waals surface area contributed by atoms with E-state index in [9.17, 15) is 5.21 Å². The molecule has 2 fully saturated rings. The predicted octanol–water partition coefficient (Wildman–Crippen LogP) is 3.40. The highest BCUT2D eigenvalue weighted by atomic mass is 16.5. The predicted molar refractivity (Wildman–Crippen MR) is 83.2 cm³/mol. The lowest BCUT2D eigenvalue weighted by atomic mass is 9.52. The maximum Gasteiger partial charge on any atom is 0.119 e. The number of quaternary nitrogens is 1. The van der Waals surface area contributed by atoms with E-state index in [0.29, 0.717) is 5.92 Å². The molecule has 2 aliphatic carbocycles. The monoisotopic (exact) mass is 287 g/mol. The van der Waals surface area contributed by atoms with Gasteiger partial charge in [0.2, 0.25) is 0 Å². The summed E-state index contributed by atoms with van der Waals surface area (Å²) < 4.78 is 5.44. The van der Waals surface area contributed by atoms with Crippen molar-refractivity contribution >= 4 is 0 Å². The first kappa shape index (κ1) is 13.6. The Balaban J connectivity index is 1.89. The zero-order valence-electron chi connectivity index (χ0n) is 13.1. The number of likely N-dealkylation sites (tertiary alicyclic amines) is 1. The average Bonchev–Trinajstić information content (AvgIpc) is 2.51. The van der Waals surface area contributed by atoms with Crippen LogP contribution in [0.3, 0.4) is 0 Å². The lowest BCUT2D eigenvalue weighted by Crippen LogP contribution is -2.66. The molecule has 1 heterocycles. The minimum Gasteiger partial charge on any atom is -0.633 e. The topological polar surface area (TPSA) is 32.3 Å². The molecule has 1 aromatic carbocycles. The minimum absolute atomic E-state index is 0.0299. The number of methoxy groups -OCH3 is 1. The molecule has 3 aliphatic rings. The van der Waals surface area contributed by atoms with Crippen LogP contribution in [0.5, 0.6) is 5.75 Å². The van der Waals surface area contributed by atoms with Crippen LogP contribution < -0.4 is 4.74 Å². The Kier molecular flexibility index (Phi) is 2.89. The number of benzene rings is 1. The summed E-state index contributed by atoms with van der Waals surface area (Å²) >= 11 is 0. The molecule has 1 unspecified atom stereocenters. The highest BCUT2D eigenvalue weighted by Crippen LogP contribution is 2.57.